The van der Waals surface area contributed by atoms with Gasteiger partial charge in [0.2, 0.25) is 0 Å². The lowest BCUT2D eigenvalue weighted by molar-refractivity contribution is 0.0232. The van der Waals surface area contributed by atoms with Gasteiger partial charge < -0.3 is 0 Å². The monoisotopic (exact) mass is 279 g/mol. The van der Waals surface area contributed by atoms with E-state index in [0.717, 1.165) is 18.5 Å². The van der Waals surface area contributed by atoms with Crippen molar-refractivity contribution in [1.29, 1.82) is 0 Å². The Morgan fingerprint density at radius 3 is 2.95 bits per heavy atom. The van der Waals surface area contributed by atoms with Crippen molar-refractivity contribution < 1.29 is 0 Å². The summed E-state index contributed by atoms with van der Waals surface area (Å²) in [5.41, 5.74) is 1.26. The number of aryl methyl sites for hydroxylation is 1. The Balaban J connectivity index is 1.73. The van der Waals surface area contributed by atoms with Crippen molar-refractivity contribution in [3.05, 3.63) is 16.1 Å². The molecule has 0 aliphatic carbocycles. The van der Waals surface area contributed by atoms with Crippen LogP contribution in [0.5, 0.6) is 0 Å². The zero-order valence-electron chi connectivity index (χ0n) is 12.3. The first-order valence-corrected chi connectivity index (χ1v) is 8.40. The molecular formula is C15H25N3S. The molecule has 2 aliphatic heterocycles. The number of thiazole rings is 1. The largest absolute Gasteiger partial charge is 0.298 e. The number of fused-ring (bicyclic) bond motifs is 1. The van der Waals surface area contributed by atoms with E-state index in [9.17, 15) is 0 Å². The van der Waals surface area contributed by atoms with Crippen LogP contribution in [0.3, 0.4) is 0 Å². The topological polar surface area (TPSA) is 19.4 Å². The normalized spacial score (nSPS) is 29.1. The predicted octanol–water partition coefficient (Wildman–Crippen LogP) is 2.76. The van der Waals surface area contributed by atoms with Crippen molar-refractivity contribution in [3.63, 3.8) is 0 Å². The molecule has 0 N–H and O–H groups in total. The molecule has 106 valence electrons. The van der Waals surface area contributed by atoms with Crippen LogP contribution in [-0.2, 0) is 6.54 Å². The van der Waals surface area contributed by atoms with Gasteiger partial charge in [-0.15, -0.1) is 11.3 Å². The first kappa shape index (κ1) is 13.5. The van der Waals surface area contributed by atoms with Gasteiger partial charge in [0, 0.05) is 37.1 Å². The van der Waals surface area contributed by atoms with Crippen LogP contribution in [-0.4, -0.2) is 46.5 Å². The van der Waals surface area contributed by atoms with Crippen LogP contribution >= 0.6 is 11.3 Å². The fourth-order valence-electron chi connectivity index (χ4n) is 3.61. The molecule has 1 aromatic heterocycles. The summed E-state index contributed by atoms with van der Waals surface area (Å²) in [6.07, 6.45) is 2.77. The summed E-state index contributed by atoms with van der Waals surface area (Å²) in [6, 6.07) is 1.49. The van der Waals surface area contributed by atoms with Crippen molar-refractivity contribution in [2.24, 2.45) is 5.92 Å². The van der Waals surface area contributed by atoms with Gasteiger partial charge in [-0.1, -0.05) is 13.8 Å². The van der Waals surface area contributed by atoms with Crippen LogP contribution in [0, 0.1) is 12.8 Å². The van der Waals surface area contributed by atoms with Crippen molar-refractivity contribution in [2.45, 2.75) is 52.2 Å². The molecule has 19 heavy (non-hydrogen) atoms. The minimum atomic E-state index is 0.691. The Bertz CT molecular complexity index is 429. The molecule has 2 fully saturated rings. The Labute approximate surface area is 120 Å². The maximum absolute atomic E-state index is 4.65. The average Bonchev–Trinajstić information content (AvgIpc) is 2.96. The van der Waals surface area contributed by atoms with Gasteiger partial charge in [-0.05, 0) is 32.2 Å². The van der Waals surface area contributed by atoms with Gasteiger partial charge in [-0.25, -0.2) is 4.98 Å². The molecule has 3 nitrogen and oxygen atoms in total. The molecule has 2 aliphatic rings. The molecule has 2 saturated heterocycles. The van der Waals surface area contributed by atoms with Gasteiger partial charge in [-0.3, -0.25) is 9.80 Å². The standard InChI is InChI=1S/C15H25N3S/c1-11(2)15-9-17-6-4-5-14(17)8-18(15)7-13-10-19-12(3)16-13/h10-11,14-15H,4-9H2,1-3H3. The van der Waals surface area contributed by atoms with Gasteiger partial charge in [0.05, 0.1) is 10.7 Å². The van der Waals surface area contributed by atoms with E-state index < -0.39 is 0 Å². The zero-order chi connectivity index (χ0) is 13.4. The van der Waals surface area contributed by atoms with E-state index in [-0.39, 0.29) is 0 Å². The highest BCUT2D eigenvalue weighted by Crippen LogP contribution is 2.28. The van der Waals surface area contributed by atoms with E-state index >= 15 is 0 Å². The molecule has 0 saturated carbocycles. The highest BCUT2D eigenvalue weighted by atomic mass is 32.1. The number of hydrogen-bond donors (Lipinski definition) is 0. The highest BCUT2D eigenvalue weighted by Gasteiger charge is 2.37. The maximum Gasteiger partial charge on any atom is 0.0897 e. The lowest BCUT2D eigenvalue weighted by atomic mass is 9.97. The van der Waals surface area contributed by atoms with Crippen LogP contribution in [0.2, 0.25) is 0 Å². The van der Waals surface area contributed by atoms with Crippen LogP contribution in [0.4, 0.5) is 0 Å². The van der Waals surface area contributed by atoms with Gasteiger partial charge in [-0.2, -0.15) is 0 Å². The van der Waals surface area contributed by atoms with E-state index in [1.807, 2.05) is 0 Å². The smallest absolute Gasteiger partial charge is 0.0897 e. The highest BCUT2D eigenvalue weighted by molar-refractivity contribution is 7.09. The molecule has 1 aromatic rings. The summed E-state index contributed by atoms with van der Waals surface area (Å²) in [4.78, 5) is 10.0. The van der Waals surface area contributed by atoms with E-state index in [2.05, 4.69) is 40.9 Å². The zero-order valence-corrected chi connectivity index (χ0v) is 13.1. The molecular weight excluding hydrogens is 254 g/mol. The summed E-state index contributed by atoms with van der Waals surface area (Å²) >= 11 is 1.77. The third kappa shape index (κ3) is 2.86. The maximum atomic E-state index is 4.65. The molecule has 3 rings (SSSR count). The first-order valence-electron chi connectivity index (χ1n) is 7.52. The second kappa shape index (κ2) is 5.51. The molecule has 3 heterocycles. The minimum absolute atomic E-state index is 0.691. The third-order valence-corrected chi connectivity index (χ3v) is 5.46. The second-order valence-electron chi connectivity index (χ2n) is 6.39. The summed E-state index contributed by atoms with van der Waals surface area (Å²) in [6.45, 7) is 11.7. The molecule has 0 amide bonds. The lowest BCUT2D eigenvalue weighted by Crippen LogP contribution is -2.57. The quantitative estimate of drug-likeness (QED) is 0.848. The molecule has 0 bridgehead atoms. The van der Waals surface area contributed by atoms with Crippen molar-refractivity contribution in [1.82, 2.24) is 14.8 Å². The first-order chi connectivity index (χ1) is 9.13. The fourth-order valence-corrected chi connectivity index (χ4v) is 4.21. The predicted molar refractivity (Wildman–Crippen MR) is 80.5 cm³/mol. The van der Waals surface area contributed by atoms with Crippen molar-refractivity contribution in [2.75, 3.05) is 19.6 Å². The van der Waals surface area contributed by atoms with E-state index in [1.165, 1.54) is 43.2 Å². The number of rotatable bonds is 3. The molecule has 4 heteroatoms. The molecule has 2 atom stereocenters. The molecule has 0 spiro atoms. The summed E-state index contributed by atoms with van der Waals surface area (Å²) < 4.78 is 0. The van der Waals surface area contributed by atoms with Crippen LogP contribution in [0.1, 0.15) is 37.4 Å². The minimum Gasteiger partial charge on any atom is -0.298 e. The van der Waals surface area contributed by atoms with Gasteiger partial charge in [0.25, 0.3) is 0 Å². The number of piperazine rings is 1. The van der Waals surface area contributed by atoms with Crippen molar-refractivity contribution >= 4 is 11.3 Å². The van der Waals surface area contributed by atoms with Gasteiger partial charge >= 0.3 is 0 Å². The lowest BCUT2D eigenvalue weighted by Gasteiger charge is -2.45. The van der Waals surface area contributed by atoms with Gasteiger partial charge in [0.1, 0.15) is 0 Å². The molecule has 0 aromatic carbocycles. The number of nitrogens with zero attached hydrogens (tertiary/aromatic N) is 3. The van der Waals surface area contributed by atoms with Crippen molar-refractivity contribution in [3.8, 4) is 0 Å². The summed E-state index contributed by atoms with van der Waals surface area (Å²) in [5.74, 6) is 0.723. The number of hydrogen-bond acceptors (Lipinski definition) is 4. The molecule has 2 unspecified atom stereocenters. The van der Waals surface area contributed by atoms with Crippen LogP contribution < -0.4 is 0 Å². The van der Waals surface area contributed by atoms with Gasteiger partial charge in [0.15, 0.2) is 0 Å². The summed E-state index contributed by atoms with van der Waals surface area (Å²) in [7, 11) is 0. The number of aromatic nitrogens is 1. The Hall–Kier alpha value is -0.450. The third-order valence-electron chi connectivity index (χ3n) is 4.64. The Morgan fingerprint density at radius 2 is 2.26 bits per heavy atom. The Kier molecular flexibility index (Phi) is 3.92. The molecule has 0 radical (unpaired) electrons. The Morgan fingerprint density at radius 1 is 1.42 bits per heavy atom. The second-order valence-corrected chi connectivity index (χ2v) is 7.45. The van der Waals surface area contributed by atoms with Crippen LogP contribution in [0.25, 0.3) is 0 Å². The van der Waals surface area contributed by atoms with E-state index in [0.29, 0.717) is 6.04 Å². The fraction of sp³-hybridized carbons (Fsp3) is 0.800. The van der Waals surface area contributed by atoms with Crippen LogP contribution in [0.15, 0.2) is 5.38 Å². The SMILES string of the molecule is Cc1nc(CN2CC3CCCN3CC2C(C)C)cs1. The van der Waals surface area contributed by atoms with E-state index in [1.54, 1.807) is 11.3 Å². The summed E-state index contributed by atoms with van der Waals surface area (Å²) in [5, 5.41) is 3.42. The average molecular weight is 279 g/mol. The van der Waals surface area contributed by atoms with E-state index in [4.69, 9.17) is 0 Å².